The van der Waals surface area contributed by atoms with Crippen LogP contribution in [0.4, 0.5) is 0 Å². The number of quaternary nitrogens is 2. The van der Waals surface area contributed by atoms with Gasteiger partial charge in [-0.1, -0.05) is 31.2 Å². The predicted octanol–water partition coefficient (Wildman–Crippen LogP) is 2.68. The van der Waals surface area contributed by atoms with Gasteiger partial charge in [0.1, 0.15) is 19.6 Å². The topological polar surface area (TPSA) is 0 Å². The third-order valence-corrected chi connectivity index (χ3v) is 4.70. The molecule has 1 saturated heterocycles. The summed E-state index contributed by atoms with van der Waals surface area (Å²) in [6, 6.07) is 9.24. The Morgan fingerprint density at radius 3 is 2.11 bits per heavy atom. The van der Waals surface area contributed by atoms with Crippen LogP contribution in [0.25, 0.3) is 0 Å². The Balaban J connectivity index is 2.03. The molecule has 0 aromatic heterocycles. The number of likely N-dealkylation sites (N-methyl/N-ethyl adjacent to an activating group) is 2. The maximum atomic E-state index is 2.43. The van der Waals surface area contributed by atoms with Gasteiger partial charge >= 0.3 is 0 Å². The fraction of sp³-hybridized carbons (Fsp3) is 0.647. The van der Waals surface area contributed by atoms with Crippen molar-refractivity contribution >= 4 is 0 Å². The van der Waals surface area contributed by atoms with Crippen LogP contribution < -0.4 is 0 Å². The first-order valence-electron chi connectivity index (χ1n) is 7.66. The Kier molecular flexibility index (Phi) is 4.32. The van der Waals surface area contributed by atoms with Crippen LogP contribution >= 0.6 is 0 Å². The molecule has 1 heterocycles. The lowest BCUT2D eigenvalue weighted by atomic mass is 10.1. The van der Waals surface area contributed by atoms with Crippen LogP contribution in [0.15, 0.2) is 24.3 Å². The van der Waals surface area contributed by atoms with E-state index < -0.39 is 0 Å². The predicted molar refractivity (Wildman–Crippen MR) is 81.9 cm³/mol. The van der Waals surface area contributed by atoms with Crippen molar-refractivity contribution in [2.75, 3.05) is 47.3 Å². The van der Waals surface area contributed by atoms with E-state index in [2.05, 4.69) is 52.3 Å². The molecule has 2 nitrogen and oxygen atoms in total. The minimum Gasteiger partial charge on any atom is -0.324 e. The molecule has 1 aliphatic rings. The molecule has 19 heavy (non-hydrogen) atoms. The highest BCUT2D eigenvalue weighted by molar-refractivity contribution is 5.21. The molecule has 1 atom stereocenters. The molecule has 0 aliphatic carbocycles. The third-order valence-electron chi connectivity index (χ3n) is 4.70. The lowest BCUT2D eigenvalue weighted by Crippen LogP contribution is -2.48. The molecule has 0 saturated carbocycles. The summed E-state index contributed by atoms with van der Waals surface area (Å²) in [6.45, 7) is 8.63. The first-order valence-corrected chi connectivity index (χ1v) is 7.66. The normalized spacial score (nSPS) is 26.9. The smallest absolute Gasteiger partial charge is 0.129 e. The van der Waals surface area contributed by atoms with Gasteiger partial charge in [-0.2, -0.15) is 0 Å². The summed E-state index contributed by atoms with van der Waals surface area (Å²) >= 11 is 0. The van der Waals surface area contributed by atoms with Crippen molar-refractivity contribution in [3.63, 3.8) is 0 Å². The van der Waals surface area contributed by atoms with E-state index in [4.69, 9.17) is 0 Å². The van der Waals surface area contributed by atoms with Crippen LogP contribution in [0.1, 0.15) is 24.5 Å². The Hall–Kier alpha value is -0.860. The lowest BCUT2D eigenvalue weighted by molar-refractivity contribution is -0.946. The summed E-state index contributed by atoms with van der Waals surface area (Å²) in [7, 11) is 7.16. The van der Waals surface area contributed by atoms with Crippen LogP contribution in [-0.4, -0.2) is 56.3 Å². The van der Waals surface area contributed by atoms with Crippen molar-refractivity contribution in [3.05, 3.63) is 35.4 Å². The first kappa shape index (κ1) is 14.5. The Labute approximate surface area is 118 Å². The van der Waals surface area contributed by atoms with Gasteiger partial charge in [0.2, 0.25) is 0 Å². The van der Waals surface area contributed by atoms with Gasteiger partial charge in [0.25, 0.3) is 0 Å². The summed E-state index contributed by atoms with van der Waals surface area (Å²) in [5, 5.41) is 0. The Morgan fingerprint density at radius 2 is 1.47 bits per heavy atom. The van der Waals surface area contributed by atoms with Crippen molar-refractivity contribution in [1.29, 1.82) is 0 Å². The fourth-order valence-electron chi connectivity index (χ4n) is 3.10. The van der Waals surface area contributed by atoms with Crippen molar-refractivity contribution in [2.45, 2.75) is 26.3 Å². The quantitative estimate of drug-likeness (QED) is 0.735. The Morgan fingerprint density at radius 1 is 0.842 bits per heavy atom. The standard InChI is InChI=1S/C17H30N2/c1-5-16-7-9-17(10-8-16)15-19(4)12-6-11-18(2,3)13-14-19/h7-10H,5-6,11-15H2,1-4H3/q+2. The molecular formula is C17H30N2+2. The van der Waals surface area contributed by atoms with Crippen molar-refractivity contribution in [2.24, 2.45) is 0 Å². The highest BCUT2D eigenvalue weighted by Gasteiger charge is 2.31. The van der Waals surface area contributed by atoms with Crippen LogP contribution in [-0.2, 0) is 13.0 Å². The molecular weight excluding hydrogens is 232 g/mol. The van der Waals surface area contributed by atoms with Gasteiger partial charge in [-0.3, -0.25) is 0 Å². The van der Waals surface area contributed by atoms with Gasteiger partial charge in [0.15, 0.2) is 0 Å². The number of aryl methyl sites for hydroxylation is 1. The summed E-state index contributed by atoms with van der Waals surface area (Å²) in [4.78, 5) is 0. The third kappa shape index (κ3) is 4.05. The largest absolute Gasteiger partial charge is 0.324 e. The molecule has 0 amide bonds. The van der Waals surface area contributed by atoms with Crippen LogP contribution in [0, 0.1) is 0 Å². The molecule has 1 aromatic rings. The van der Waals surface area contributed by atoms with Crippen molar-refractivity contribution in [1.82, 2.24) is 0 Å². The molecule has 0 spiro atoms. The summed E-state index contributed by atoms with van der Waals surface area (Å²) in [5.41, 5.74) is 2.94. The lowest BCUT2D eigenvalue weighted by Gasteiger charge is -2.33. The number of nitrogens with zero attached hydrogens (tertiary/aromatic N) is 2. The maximum absolute atomic E-state index is 2.43. The minimum absolute atomic E-state index is 1.14. The van der Waals surface area contributed by atoms with Gasteiger partial charge in [0.05, 0.1) is 34.2 Å². The molecule has 1 unspecified atom stereocenters. The molecule has 106 valence electrons. The van der Waals surface area contributed by atoms with E-state index in [1.54, 1.807) is 0 Å². The number of hydrogen-bond donors (Lipinski definition) is 0. The number of rotatable bonds is 3. The summed E-state index contributed by atoms with van der Waals surface area (Å²) in [5.74, 6) is 0. The van der Waals surface area contributed by atoms with E-state index in [0.29, 0.717) is 0 Å². The Bertz CT molecular complexity index is 408. The SMILES string of the molecule is CCc1ccc(C[N+]2(C)CCC[N+](C)(C)CC2)cc1. The number of benzene rings is 1. The van der Waals surface area contributed by atoms with Crippen molar-refractivity contribution < 1.29 is 8.97 Å². The average molecular weight is 262 g/mol. The zero-order chi connectivity index (χ0) is 13.9. The van der Waals surface area contributed by atoms with E-state index in [0.717, 1.165) is 6.42 Å². The molecule has 2 heteroatoms. The molecule has 2 rings (SSSR count). The maximum Gasteiger partial charge on any atom is 0.129 e. The van der Waals surface area contributed by atoms with E-state index >= 15 is 0 Å². The second kappa shape index (κ2) is 5.64. The van der Waals surface area contributed by atoms with Gasteiger partial charge < -0.3 is 8.97 Å². The van der Waals surface area contributed by atoms with Crippen LogP contribution in [0.5, 0.6) is 0 Å². The molecule has 1 fully saturated rings. The zero-order valence-corrected chi connectivity index (χ0v) is 13.2. The van der Waals surface area contributed by atoms with Crippen LogP contribution in [0.3, 0.4) is 0 Å². The molecule has 0 bridgehead atoms. The monoisotopic (exact) mass is 262 g/mol. The van der Waals surface area contributed by atoms with E-state index in [9.17, 15) is 0 Å². The summed E-state index contributed by atoms with van der Waals surface area (Å²) < 4.78 is 2.38. The van der Waals surface area contributed by atoms with Crippen molar-refractivity contribution in [3.8, 4) is 0 Å². The second-order valence-electron chi connectivity index (χ2n) is 7.13. The highest BCUT2D eigenvalue weighted by Crippen LogP contribution is 2.18. The molecule has 0 N–H and O–H groups in total. The fourth-order valence-corrected chi connectivity index (χ4v) is 3.10. The van der Waals surface area contributed by atoms with Gasteiger partial charge in [-0.15, -0.1) is 0 Å². The molecule has 1 aromatic carbocycles. The van der Waals surface area contributed by atoms with Gasteiger partial charge in [-0.25, -0.2) is 0 Å². The van der Waals surface area contributed by atoms with Gasteiger partial charge in [-0.05, 0) is 12.0 Å². The number of hydrogen-bond acceptors (Lipinski definition) is 0. The summed E-state index contributed by atoms with van der Waals surface area (Å²) in [6.07, 6.45) is 2.48. The molecule has 1 aliphatic heterocycles. The van der Waals surface area contributed by atoms with Crippen LogP contribution in [0.2, 0.25) is 0 Å². The minimum atomic E-state index is 1.14. The highest BCUT2D eigenvalue weighted by atomic mass is 15.4. The average Bonchev–Trinajstić information content (AvgIpc) is 2.50. The molecule has 0 radical (unpaired) electrons. The van der Waals surface area contributed by atoms with E-state index in [1.807, 2.05) is 0 Å². The second-order valence-corrected chi connectivity index (χ2v) is 7.13. The zero-order valence-electron chi connectivity index (χ0n) is 13.2. The van der Waals surface area contributed by atoms with E-state index in [1.165, 1.54) is 59.2 Å². The first-order chi connectivity index (χ1) is 8.92. The van der Waals surface area contributed by atoms with E-state index in [-0.39, 0.29) is 0 Å². The van der Waals surface area contributed by atoms with Gasteiger partial charge in [0, 0.05) is 12.0 Å².